The average molecular weight is 304 g/mol. The summed E-state index contributed by atoms with van der Waals surface area (Å²) in [5.74, 6) is 1.12. The van der Waals surface area contributed by atoms with Crippen LogP contribution in [0, 0.1) is 6.92 Å². The number of hydrogen-bond acceptors (Lipinski definition) is 6. The molecule has 1 N–H and O–H groups in total. The van der Waals surface area contributed by atoms with Crippen LogP contribution in [0.15, 0.2) is 23.2 Å². The van der Waals surface area contributed by atoms with Gasteiger partial charge >= 0.3 is 0 Å². The molecule has 0 spiro atoms. The van der Waals surface area contributed by atoms with Crippen LogP contribution in [-0.4, -0.2) is 49.9 Å². The second-order valence-corrected chi connectivity index (χ2v) is 5.57. The zero-order chi connectivity index (χ0) is 15.4. The number of nitrogens with one attached hydrogen (secondary N) is 1. The lowest BCUT2D eigenvalue weighted by Crippen LogP contribution is -2.35. The van der Waals surface area contributed by atoms with Crippen LogP contribution in [0.3, 0.4) is 0 Å². The van der Waals surface area contributed by atoms with Gasteiger partial charge in [-0.2, -0.15) is 5.10 Å². The van der Waals surface area contributed by atoms with Gasteiger partial charge in [0.05, 0.1) is 6.54 Å². The molecule has 1 unspecified atom stereocenters. The van der Waals surface area contributed by atoms with Crippen LogP contribution in [0.1, 0.15) is 25.0 Å². The molecule has 0 aromatic carbocycles. The van der Waals surface area contributed by atoms with Crippen molar-refractivity contribution in [2.75, 3.05) is 18.4 Å². The molecule has 8 heteroatoms. The molecule has 1 aliphatic heterocycles. The summed E-state index contributed by atoms with van der Waals surface area (Å²) < 4.78 is 6.78. The predicted octanol–water partition coefficient (Wildman–Crippen LogP) is 1.07. The number of amides is 1. The number of carbonyl (C=O) groups is 1. The van der Waals surface area contributed by atoms with E-state index in [4.69, 9.17) is 4.52 Å². The van der Waals surface area contributed by atoms with Gasteiger partial charge in [0, 0.05) is 25.1 Å². The van der Waals surface area contributed by atoms with Crippen LogP contribution in [0.2, 0.25) is 0 Å². The van der Waals surface area contributed by atoms with E-state index in [1.54, 1.807) is 25.6 Å². The van der Waals surface area contributed by atoms with Gasteiger partial charge in [-0.15, -0.1) is 0 Å². The molecule has 0 aliphatic carbocycles. The number of aromatic nitrogens is 4. The lowest BCUT2D eigenvalue weighted by molar-refractivity contribution is -0.116. The standard InChI is InChI=1S/C14H20N6O2/c1-11-7-13(18-22-11)17-14(21)4-6-19-5-2-3-12(19)8-20-10-15-9-16-20/h7,9-10,12H,2-6,8H2,1H3,(H,17,18,21). The Morgan fingerprint density at radius 1 is 1.55 bits per heavy atom. The van der Waals surface area contributed by atoms with Crippen molar-refractivity contribution in [3.8, 4) is 0 Å². The summed E-state index contributed by atoms with van der Waals surface area (Å²) in [5, 5.41) is 10.7. The van der Waals surface area contributed by atoms with Gasteiger partial charge in [-0.1, -0.05) is 5.16 Å². The van der Waals surface area contributed by atoms with E-state index in [-0.39, 0.29) is 5.91 Å². The summed E-state index contributed by atoms with van der Waals surface area (Å²) in [6.45, 7) is 4.38. The molecule has 22 heavy (non-hydrogen) atoms. The van der Waals surface area contributed by atoms with E-state index >= 15 is 0 Å². The van der Waals surface area contributed by atoms with Crippen molar-refractivity contribution in [1.82, 2.24) is 24.8 Å². The van der Waals surface area contributed by atoms with Gasteiger partial charge in [0.25, 0.3) is 0 Å². The second-order valence-electron chi connectivity index (χ2n) is 5.57. The summed E-state index contributed by atoms with van der Waals surface area (Å²) in [6, 6.07) is 2.13. The Labute approximate surface area is 128 Å². The average Bonchev–Trinajstić information content (AvgIpc) is 3.21. The van der Waals surface area contributed by atoms with Crippen molar-refractivity contribution in [3.05, 3.63) is 24.5 Å². The van der Waals surface area contributed by atoms with Gasteiger partial charge in [-0.3, -0.25) is 14.4 Å². The van der Waals surface area contributed by atoms with Gasteiger partial charge in [0.1, 0.15) is 18.4 Å². The van der Waals surface area contributed by atoms with E-state index in [0.29, 0.717) is 24.0 Å². The fourth-order valence-corrected chi connectivity index (χ4v) is 2.82. The van der Waals surface area contributed by atoms with Gasteiger partial charge in [0.15, 0.2) is 5.82 Å². The Balaban J connectivity index is 1.46. The summed E-state index contributed by atoms with van der Waals surface area (Å²) in [7, 11) is 0. The number of nitrogens with zero attached hydrogens (tertiary/aromatic N) is 5. The fourth-order valence-electron chi connectivity index (χ4n) is 2.82. The number of carbonyl (C=O) groups excluding carboxylic acids is 1. The summed E-state index contributed by atoms with van der Waals surface area (Å²) in [5.41, 5.74) is 0. The maximum atomic E-state index is 12.0. The van der Waals surface area contributed by atoms with Crippen molar-refractivity contribution in [2.45, 2.75) is 38.8 Å². The van der Waals surface area contributed by atoms with Gasteiger partial charge in [0.2, 0.25) is 5.91 Å². The molecule has 3 heterocycles. The first kappa shape index (κ1) is 14.7. The Hall–Kier alpha value is -2.22. The monoisotopic (exact) mass is 304 g/mol. The highest BCUT2D eigenvalue weighted by Gasteiger charge is 2.25. The number of likely N-dealkylation sites (tertiary alicyclic amines) is 1. The molecule has 0 radical (unpaired) electrons. The molecular weight excluding hydrogens is 284 g/mol. The normalized spacial score (nSPS) is 18.7. The Kier molecular flexibility index (Phi) is 4.47. The molecular formula is C14H20N6O2. The van der Waals surface area contributed by atoms with Crippen LogP contribution in [0.4, 0.5) is 5.82 Å². The van der Waals surface area contributed by atoms with Gasteiger partial charge in [-0.05, 0) is 26.3 Å². The van der Waals surface area contributed by atoms with Crippen LogP contribution in [0.5, 0.6) is 0 Å². The van der Waals surface area contributed by atoms with Crippen molar-refractivity contribution in [3.63, 3.8) is 0 Å². The lowest BCUT2D eigenvalue weighted by Gasteiger charge is -2.23. The van der Waals surface area contributed by atoms with Gasteiger partial charge in [-0.25, -0.2) is 4.98 Å². The van der Waals surface area contributed by atoms with Gasteiger partial charge < -0.3 is 9.84 Å². The maximum Gasteiger partial charge on any atom is 0.226 e. The van der Waals surface area contributed by atoms with E-state index in [0.717, 1.165) is 32.5 Å². The first-order chi connectivity index (χ1) is 10.7. The minimum absolute atomic E-state index is 0.0419. The fraction of sp³-hybridized carbons (Fsp3) is 0.571. The quantitative estimate of drug-likeness (QED) is 0.858. The molecule has 0 bridgehead atoms. The Bertz CT molecular complexity index is 609. The van der Waals surface area contributed by atoms with Crippen LogP contribution in [-0.2, 0) is 11.3 Å². The largest absolute Gasteiger partial charge is 0.360 e. The number of hydrogen-bond donors (Lipinski definition) is 1. The Morgan fingerprint density at radius 2 is 2.45 bits per heavy atom. The minimum atomic E-state index is -0.0419. The highest BCUT2D eigenvalue weighted by atomic mass is 16.5. The maximum absolute atomic E-state index is 12.0. The van der Waals surface area contributed by atoms with Crippen LogP contribution >= 0.6 is 0 Å². The molecule has 118 valence electrons. The lowest BCUT2D eigenvalue weighted by atomic mass is 10.2. The third-order valence-electron chi connectivity index (χ3n) is 3.88. The third kappa shape index (κ3) is 3.70. The predicted molar refractivity (Wildman–Crippen MR) is 79.1 cm³/mol. The molecule has 1 fully saturated rings. The molecule has 1 aliphatic rings. The minimum Gasteiger partial charge on any atom is -0.360 e. The third-order valence-corrected chi connectivity index (χ3v) is 3.88. The molecule has 2 aromatic rings. The Morgan fingerprint density at radius 3 is 3.18 bits per heavy atom. The van der Waals surface area contributed by atoms with E-state index in [2.05, 4.69) is 25.5 Å². The zero-order valence-electron chi connectivity index (χ0n) is 12.6. The first-order valence-electron chi connectivity index (χ1n) is 7.50. The van der Waals surface area contributed by atoms with E-state index in [1.165, 1.54) is 0 Å². The summed E-state index contributed by atoms with van der Waals surface area (Å²) in [4.78, 5) is 18.3. The number of anilines is 1. The number of aryl methyl sites for hydroxylation is 1. The smallest absolute Gasteiger partial charge is 0.226 e. The molecule has 0 saturated carbocycles. The van der Waals surface area contributed by atoms with E-state index in [1.807, 2.05) is 4.68 Å². The molecule has 2 aromatic heterocycles. The molecule has 3 rings (SSSR count). The van der Waals surface area contributed by atoms with Crippen LogP contribution < -0.4 is 5.32 Å². The topological polar surface area (TPSA) is 89.1 Å². The molecule has 8 nitrogen and oxygen atoms in total. The first-order valence-corrected chi connectivity index (χ1v) is 7.50. The SMILES string of the molecule is Cc1cc(NC(=O)CCN2CCCC2Cn2cncn2)no1. The van der Waals surface area contributed by atoms with E-state index < -0.39 is 0 Å². The highest BCUT2D eigenvalue weighted by Crippen LogP contribution is 2.19. The highest BCUT2D eigenvalue weighted by molar-refractivity contribution is 5.89. The van der Waals surface area contributed by atoms with Crippen molar-refractivity contribution >= 4 is 11.7 Å². The van der Waals surface area contributed by atoms with Crippen LogP contribution in [0.25, 0.3) is 0 Å². The molecule has 1 saturated heterocycles. The summed E-state index contributed by atoms with van der Waals surface area (Å²) >= 11 is 0. The van der Waals surface area contributed by atoms with Crippen molar-refractivity contribution in [1.29, 1.82) is 0 Å². The van der Waals surface area contributed by atoms with E-state index in [9.17, 15) is 4.79 Å². The second kappa shape index (κ2) is 6.69. The molecule has 1 atom stereocenters. The zero-order valence-corrected chi connectivity index (χ0v) is 12.6. The number of rotatable bonds is 6. The summed E-state index contributed by atoms with van der Waals surface area (Å²) in [6.07, 6.45) is 6.01. The molecule has 1 amide bonds. The van der Waals surface area contributed by atoms with Crippen molar-refractivity contribution < 1.29 is 9.32 Å². The van der Waals surface area contributed by atoms with Crippen molar-refractivity contribution in [2.24, 2.45) is 0 Å².